The second-order valence-corrected chi connectivity index (χ2v) is 7.54. The first-order valence-electron chi connectivity index (χ1n) is 7.92. The van der Waals surface area contributed by atoms with Gasteiger partial charge < -0.3 is 10.0 Å². The van der Waals surface area contributed by atoms with Gasteiger partial charge in [0.25, 0.3) is 5.91 Å². The first-order chi connectivity index (χ1) is 10.9. The zero-order chi connectivity index (χ0) is 16.6. The summed E-state index contributed by atoms with van der Waals surface area (Å²) in [5.74, 6) is -0.00325. The van der Waals surface area contributed by atoms with E-state index in [4.69, 9.17) is 0 Å². The number of thiazole rings is 1. The number of likely N-dealkylation sites (tertiary alicyclic amines) is 1. The molecule has 0 radical (unpaired) electrons. The van der Waals surface area contributed by atoms with Crippen LogP contribution in [-0.4, -0.2) is 39.1 Å². The van der Waals surface area contributed by atoms with Crippen molar-refractivity contribution in [2.75, 3.05) is 6.54 Å². The molecule has 1 aromatic carbocycles. The van der Waals surface area contributed by atoms with Crippen LogP contribution in [-0.2, 0) is 0 Å². The van der Waals surface area contributed by atoms with Gasteiger partial charge in [0, 0.05) is 28.7 Å². The van der Waals surface area contributed by atoms with Crippen molar-refractivity contribution in [2.45, 2.75) is 45.3 Å². The highest BCUT2D eigenvalue weighted by Crippen LogP contribution is 2.29. The van der Waals surface area contributed by atoms with Crippen LogP contribution in [0, 0.1) is 6.92 Å². The zero-order valence-corrected chi connectivity index (χ0v) is 14.6. The van der Waals surface area contributed by atoms with Gasteiger partial charge in [-0.3, -0.25) is 4.79 Å². The minimum Gasteiger partial charge on any atom is -0.388 e. The lowest BCUT2D eigenvalue weighted by Crippen LogP contribution is -2.48. The molecule has 0 bridgehead atoms. The SMILES string of the molecule is Cc1csc(-c2ccc(C(=O)N3CCCC3C(C)(C)O)cc2)n1. The van der Waals surface area contributed by atoms with Crippen LogP contribution in [0.4, 0.5) is 0 Å². The van der Waals surface area contributed by atoms with Gasteiger partial charge in [-0.1, -0.05) is 12.1 Å². The maximum Gasteiger partial charge on any atom is 0.254 e. The largest absolute Gasteiger partial charge is 0.388 e. The van der Waals surface area contributed by atoms with Gasteiger partial charge in [-0.05, 0) is 45.7 Å². The van der Waals surface area contributed by atoms with Crippen molar-refractivity contribution in [3.05, 3.63) is 40.9 Å². The number of carbonyl (C=O) groups is 1. The molecule has 3 rings (SSSR count). The minimum atomic E-state index is -0.871. The molecule has 1 N–H and O–H groups in total. The number of aryl methyl sites for hydroxylation is 1. The first kappa shape index (κ1) is 16.1. The van der Waals surface area contributed by atoms with E-state index in [9.17, 15) is 9.90 Å². The Morgan fingerprint density at radius 1 is 1.35 bits per heavy atom. The number of benzene rings is 1. The van der Waals surface area contributed by atoms with E-state index < -0.39 is 5.60 Å². The van der Waals surface area contributed by atoms with Crippen molar-refractivity contribution in [3.8, 4) is 10.6 Å². The number of nitrogens with zero attached hydrogens (tertiary/aromatic N) is 2. The second kappa shape index (κ2) is 6.06. The Labute approximate surface area is 140 Å². The lowest BCUT2D eigenvalue weighted by atomic mass is 9.96. The van der Waals surface area contributed by atoms with Crippen molar-refractivity contribution in [1.82, 2.24) is 9.88 Å². The summed E-state index contributed by atoms with van der Waals surface area (Å²) in [5.41, 5.74) is 1.83. The second-order valence-electron chi connectivity index (χ2n) is 6.68. The molecule has 1 atom stereocenters. The quantitative estimate of drug-likeness (QED) is 0.937. The van der Waals surface area contributed by atoms with Crippen LogP contribution >= 0.6 is 11.3 Å². The van der Waals surface area contributed by atoms with Crippen LogP contribution in [0.3, 0.4) is 0 Å². The summed E-state index contributed by atoms with van der Waals surface area (Å²) in [6.45, 7) is 6.23. The maximum atomic E-state index is 12.8. The molecule has 0 saturated carbocycles. The van der Waals surface area contributed by atoms with Crippen LogP contribution in [0.25, 0.3) is 10.6 Å². The Morgan fingerprint density at radius 2 is 2.04 bits per heavy atom. The highest BCUT2D eigenvalue weighted by molar-refractivity contribution is 7.13. The van der Waals surface area contributed by atoms with E-state index in [2.05, 4.69) is 4.98 Å². The molecule has 1 fully saturated rings. The Hall–Kier alpha value is -1.72. The summed E-state index contributed by atoms with van der Waals surface area (Å²) < 4.78 is 0. The molecule has 4 nitrogen and oxygen atoms in total. The molecule has 1 aromatic heterocycles. The summed E-state index contributed by atoms with van der Waals surface area (Å²) in [4.78, 5) is 19.0. The summed E-state index contributed by atoms with van der Waals surface area (Å²) >= 11 is 1.61. The predicted molar refractivity (Wildman–Crippen MR) is 92.6 cm³/mol. The summed E-state index contributed by atoms with van der Waals surface area (Å²) in [7, 11) is 0. The Morgan fingerprint density at radius 3 is 2.61 bits per heavy atom. The fourth-order valence-electron chi connectivity index (χ4n) is 3.15. The molecule has 1 saturated heterocycles. The molecule has 1 unspecified atom stereocenters. The highest BCUT2D eigenvalue weighted by atomic mass is 32.1. The van der Waals surface area contributed by atoms with Crippen LogP contribution < -0.4 is 0 Å². The number of aliphatic hydroxyl groups is 1. The standard InChI is InChI=1S/C18H22N2O2S/c1-12-11-23-16(19-12)13-6-8-14(9-7-13)17(21)20-10-4-5-15(20)18(2,3)22/h6-9,11,15,22H,4-5,10H2,1-3H3. The van der Waals surface area contributed by atoms with E-state index in [1.54, 1.807) is 25.2 Å². The molecular weight excluding hydrogens is 308 g/mol. The third kappa shape index (κ3) is 3.31. The fraction of sp³-hybridized carbons (Fsp3) is 0.444. The van der Waals surface area contributed by atoms with E-state index in [1.165, 1.54) is 0 Å². The molecular formula is C18H22N2O2S. The van der Waals surface area contributed by atoms with Crippen LogP contribution in [0.2, 0.25) is 0 Å². The van der Waals surface area contributed by atoms with Gasteiger partial charge >= 0.3 is 0 Å². The van der Waals surface area contributed by atoms with Crippen LogP contribution in [0.5, 0.6) is 0 Å². The van der Waals surface area contributed by atoms with E-state index in [1.807, 2.05) is 41.5 Å². The topological polar surface area (TPSA) is 53.4 Å². The molecule has 23 heavy (non-hydrogen) atoms. The molecule has 5 heteroatoms. The monoisotopic (exact) mass is 330 g/mol. The van der Waals surface area contributed by atoms with E-state index in [0.717, 1.165) is 29.1 Å². The average molecular weight is 330 g/mol. The average Bonchev–Trinajstić information content (AvgIpc) is 3.15. The van der Waals surface area contributed by atoms with Crippen molar-refractivity contribution in [3.63, 3.8) is 0 Å². The molecule has 1 aliphatic heterocycles. The van der Waals surface area contributed by atoms with Crippen LogP contribution in [0.15, 0.2) is 29.6 Å². The smallest absolute Gasteiger partial charge is 0.254 e. The van der Waals surface area contributed by atoms with Crippen molar-refractivity contribution in [2.24, 2.45) is 0 Å². The first-order valence-corrected chi connectivity index (χ1v) is 8.80. The Bertz CT molecular complexity index is 701. The van der Waals surface area contributed by atoms with E-state index >= 15 is 0 Å². The molecule has 2 heterocycles. The number of hydrogen-bond donors (Lipinski definition) is 1. The number of carbonyl (C=O) groups excluding carboxylic acids is 1. The lowest BCUT2D eigenvalue weighted by Gasteiger charge is -2.33. The summed E-state index contributed by atoms with van der Waals surface area (Å²) in [5, 5.41) is 13.3. The predicted octanol–water partition coefficient (Wildman–Crippen LogP) is 3.49. The molecule has 1 aliphatic rings. The van der Waals surface area contributed by atoms with Crippen molar-refractivity contribution < 1.29 is 9.90 Å². The normalized spacial score (nSPS) is 18.4. The Kier molecular flexibility index (Phi) is 4.25. The van der Waals surface area contributed by atoms with Gasteiger partial charge in [0.15, 0.2) is 0 Å². The van der Waals surface area contributed by atoms with Gasteiger partial charge in [-0.2, -0.15) is 0 Å². The van der Waals surface area contributed by atoms with Crippen molar-refractivity contribution in [1.29, 1.82) is 0 Å². The van der Waals surface area contributed by atoms with E-state index in [-0.39, 0.29) is 11.9 Å². The molecule has 2 aromatic rings. The maximum absolute atomic E-state index is 12.8. The van der Waals surface area contributed by atoms with Crippen molar-refractivity contribution >= 4 is 17.2 Å². The zero-order valence-electron chi connectivity index (χ0n) is 13.7. The van der Waals surface area contributed by atoms with Gasteiger partial charge in [-0.15, -0.1) is 11.3 Å². The molecule has 0 aliphatic carbocycles. The molecule has 0 spiro atoms. The fourth-order valence-corrected chi connectivity index (χ4v) is 3.96. The van der Waals surface area contributed by atoms with Gasteiger partial charge in [0.2, 0.25) is 0 Å². The highest BCUT2D eigenvalue weighted by Gasteiger charge is 2.38. The van der Waals surface area contributed by atoms with E-state index in [0.29, 0.717) is 12.1 Å². The summed E-state index contributed by atoms with van der Waals surface area (Å²) in [6.07, 6.45) is 1.79. The van der Waals surface area contributed by atoms with Gasteiger partial charge in [0.05, 0.1) is 11.6 Å². The number of aromatic nitrogens is 1. The number of rotatable bonds is 3. The summed E-state index contributed by atoms with van der Waals surface area (Å²) in [6, 6.07) is 7.49. The number of amides is 1. The third-order valence-corrected chi connectivity index (χ3v) is 5.34. The Balaban J connectivity index is 1.80. The minimum absolute atomic E-state index is 0.00325. The lowest BCUT2D eigenvalue weighted by molar-refractivity contribution is 0.000337. The van der Waals surface area contributed by atoms with Gasteiger partial charge in [-0.25, -0.2) is 4.98 Å². The van der Waals surface area contributed by atoms with Gasteiger partial charge in [0.1, 0.15) is 5.01 Å². The number of hydrogen-bond acceptors (Lipinski definition) is 4. The van der Waals surface area contributed by atoms with Crippen LogP contribution in [0.1, 0.15) is 42.7 Å². The molecule has 1 amide bonds. The molecule has 122 valence electrons. The third-order valence-electron chi connectivity index (χ3n) is 4.33.